The molecule has 0 bridgehead atoms. The number of hydrogen-bond donors (Lipinski definition) is 2. The summed E-state index contributed by atoms with van der Waals surface area (Å²) in [4.78, 5) is 18.1. The molecule has 0 saturated carbocycles. The summed E-state index contributed by atoms with van der Waals surface area (Å²) in [7, 11) is 0. The van der Waals surface area contributed by atoms with Gasteiger partial charge in [-0.05, 0) is 0 Å². The van der Waals surface area contributed by atoms with Gasteiger partial charge in [0, 0.05) is 0 Å². The molecule has 11 heavy (non-hydrogen) atoms. The van der Waals surface area contributed by atoms with Gasteiger partial charge in [-0.1, -0.05) is 0 Å². The van der Waals surface area contributed by atoms with E-state index in [9.17, 15) is 4.79 Å². The summed E-state index contributed by atoms with van der Waals surface area (Å²) in [6.45, 7) is -0.0328. The van der Waals surface area contributed by atoms with E-state index < -0.39 is 0 Å². The number of anilines is 1. The summed E-state index contributed by atoms with van der Waals surface area (Å²) >= 11 is 0. The number of nitrogens with two attached hydrogens (primary N) is 1. The summed E-state index contributed by atoms with van der Waals surface area (Å²) < 4.78 is 0. The number of nitrogens with zero attached hydrogens (tertiary/aromatic N) is 2. The first-order valence-corrected chi connectivity index (χ1v) is 3.08. The molecular formula is C6H8N4O. The number of carbonyl (C=O) groups excluding carboxylic acids is 1. The van der Waals surface area contributed by atoms with Gasteiger partial charge in [0.25, 0.3) is 0 Å². The molecule has 0 aliphatic heterocycles. The second-order valence-electron chi connectivity index (χ2n) is 1.88. The number of hydrogen-bond acceptors (Lipinski definition) is 4. The van der Waals surface area contributed by atoms with Crippen LogP contribution in [0.3, 0.4) is 0 Å². The van der Waals surface area contributed by atoms with Crippen molar-refractivity contribution in [2.75, 3.05) is 11.9 Å². The molecule has 1 aromatic rings. The molecule has 0 radical (unpaired) electrons. The van der Waals surface area contributed by atoms with Crippen molar-refractivity contribution in [1.29, 1.82) is 0 Å². The van der Waals surface area contributed by atoms with E-state index in [4.69, 9.17) is 5.73 Å². The second-order valence-corrected chi connectivity index (χ2v) is 1.88. The van der Waals surface area contributed by atoms with Crippen LogP contribution in [-0.4, -0.2) is 22.4 Å². The largest absolute Gasteiger partial charge is 0.322 e. The minimum absolute atomic E-state index is 0.0328. The van der Waals surface area contributed by atoms with Gasteiger partial charge in [0.05, 0.1) is 24.6 Å². The van der Waals surface area contributed by atoms with E-state index in [0.717, 1.165) is 0 Å². The molecule has 58 valence electrons. The van der Waals surface area contributed by atoms with Crippen molar-refractivity contribution in [3.63, 3.8) is 0 Å². The van der Waals surface area contributed by atoms with Crippen molar-refractivity contribution in [2.45, 2.75) is 0 Å². The SMILES string of the molecule is NCC(=O)Nc1cncnc1. The van der Waals surface area contributed by atoms with Crippen molar-refractivity contribution in [3.05, 3.63) is 18.7 Å². The zero-order chi connectivity index (χ0) is 8.10. The van der Waals surface area contributed by atoms with Crippen LogP contribution in [0.2, 0.25) is 0 Å². The number of carbonyl (C=O) groups is 1. The van der Waals surface area contributed by atoms with Crippen LogP contribution < -0.4 is 11.1 Å². The van der Waals surface area contributed by atoms with E-state index >= 15 is 0 Å². The summed E-state index contributed by atoms with van der Waals surface area (Å²) in [5.74, 6) is -0.250. The van der Waals surface area contributed by atoms with Gasteiger partial charge in [0.2, 0.25) is 5.91 Å². The molecule has 0 fully saturated rings. The highest BCUT2D eigenvalue weighted by Gasteiger charge is 1.96. The van der Waals surface area contributed by atoms with Gasteiger partial charge < -0.3 is 11.1 Å². The Labute approximate surface area is 63.7 Å². The van der Waals surface area contributed by atoms with E-state index in [2.05, 4.69) is 15.3 Å². The van der Waals surface area contributed by atoms with Gasteiger partial charge >= 0.3 is 0 Å². The molecule has 1 rings (SSSR count). The first-order valence-electron chi connectivity index (χ1n) is 3.08. The molecular weight excluding hydrogens is 144 g/mol. The average molecular weight is 152 g/mol. The van der Waals surface area contributed by atoms with E-state index in [-0.39, 0.29) is 12.5 Å². The fraction of sp³-hybridized carbons (Fsp3) is 0.167. The number of rotatable bonds is 2. The van der Waals surface area contributed by atoms with E-state index in [1.54, 1.807) is 0 Å². The summed E-state index contributed by atoms with van der Waals surface area (Å²) in [5, 5.41) is 2.50. The molecule has 0 aromatic carbocycles. The molecule has 1 amide bonds. The minimum Gasteiger partial charge on any atom is -0.322 e. The first-order chi connectivity index (χ1) is 5.33. The van der Waals surface area contributed by atoms with E-state index in [1.165, 1.54) is 18.7 Å². The third-order valence-corrected chi connectivity index (χ3v) is 1.03. The lowest BCUT2D eigenvalue weighted by molar-refractivity contribution is -0.114. The van der Waals surface area contributed by atoms with Crippen LogP contribution in [0, 0.1) is 0 Å². The van der Waals surface area contributed by atoms with Crippen LogP contribution in [0.15, 0.2) is 18.7 Å². The Morgan fingerprint density at radius 3 is 2.73 bits per heavy atom. The maximum Gasteiger partial charge on any atom is 0.238 e. The van der Waals surface area contributed by atoms with Crippen molar-refractivity contribution in [1.82, 2.24) is 9.97 Å². The Balaban J connectivity index is 2.58. The van der Waals surface area contributed by atoms with Gasteiger partial charge in [0.15, 0.2) is 0 Å². The molecule has 5 heteroatoms. The standard InChI is InChI=1S/C6H8N4O/c7-1-6(11)10-5-2-8-4-9-3-5/h2-4H,1,7H2,(H,10,11). The third kappa shape index (κ3) is 2.30. The highest BCUT2D eigenvalue weighted by molar-refractivity contribution is 5.91. The van der Waals surface area contributed by atoms with Crippen molar-refractivity contribution in [3.8, 4) is 0 Å². The van der Waals surface area contributed by atoms with Gasteiger partial charge in [0.1, 0.15) is 6.33 Å². The number of aromatic nitrogens is 2. The lowest BCUT2D eigenvalue weighted by Crippen LogP contribution is -2.21. The van der Waals surface area contributed by atoms with Crippen molar-refractivity contribution < 1.29 is 4.79 Å². The number of amides is 1. The predicted octanol–water partition coefficient (Wildman–Crippen LogP) is -0.626. The lowest BCUT2D eigenvalue weighted by atomic mass is 10.5. The normalized spacial score (nSPS) is 9.18. The number of nitrogens with one attached hydrogen (secondary N) is 1. The Morgan fingerprint density at radius 2 is 2.18 bits per heavy atom. The maximum atomic E-state index is 10.7. The van der Waals surface area contributed by atoms with Crippen molar-refractivity contribution >= 4 is 11.6 Å². The quantitative estimate of drug-likeness (QED) is 0.591. The van der Waals surface area contributed by atoms with Crippen LogP contribution in [-0.2, 0) is 4.79 Å². The molecule has 0 atom stereocenters. The molecule has 0 aliphatic rings. The lowest BCUT2D eigenvalue weighted by Gasteiger charge is -1.99. The smallest absolute Gasteiger partial charge is 0.238 e. The highest BCUT2D eigenvalue weighted by atomic mass is 16.1. The van der Waals surface area contributed by atoms with Crippen LogP contribution in [0.4, 0.5) is 5.69 Å². The second kappa shape index (κ2) is 3.62. The minimum atomic E-state index is -0.250. The molecule has 0 saturated heterocycles. The van der Waals surface area contributed by atoms with Gasteiger partial charge in [-0.25, -0.2) is 9.97 Å². The van der Waals surface area contributed by atoms with E-state index in [0.29, 0.717) is 5.69 Å². The summed E-state index contributed by atoms with van der Waals surface area (Å²) in [6, 6.07) is 0. The monoisotopic (exact) mass is 152 g/mol. The van der Waals surface area contributed by atoms with Crippen LogP contribution in [0.1, 0.15) is 0 Å². The van der Waals surface area contributed by atoms with E-state index in [1.807, 2.05) is 0 Å². The fourth-order valence-electron chi connectivity index (χ4n) is 0.576. The topological polar surface area (TPSA) is 80.9 Å². The molecule has 5 nitrogen and oxygen atoms in total. The maximum absolute atomic E-state index is 10.7. The summed E-state index contributed by atoms with van der Waals surface area (Å²) in [6.07, 6.45) is 4.39. The molecule has 3 N–H and O–H groups in total. The highest BCUT2D eigenvalue weighted by Crippen LogP contribution is 1.98. The fourth-order valence-corrected chi connectivity index (χ4v) is 0.576. The Morgan fingerprint density at radius 1 is 1.55 bits per heavy atom. The zero-order valence-electron chi connectivity index (χ0n) is 5.82. The Kier molecular flexibility index (Phi) is 2.51. The van der Waals surface area contributed by atoms with Crippen LogP contribution in [0.5, 0.6) is 0 Å². The summed E-state index contributed by atoms with van der Waals surface area (Å²) in [5.41, 5.74) is 5.63. The zero-order valence-corrected chi connectivity index (χ0v) is 5.82. The molecule has 0 unspecified atom stereocenters. The van der Waals surface area contributed by atoms with Gasteiger partial charge in [-0.3, -0.25) is 4.79 Å². The predicted molar refractivity (Wildman–Crippen MR) is 39.7 cm³/mol. The van der Waals surface area contributed by atoms with Gasteiger partial charge in [-0.15, -0.1) is 0 Å². The Bertz CT molecular complexity index is 236. The first kappa shape index (κ1) is 7.62. The van der Waals surface area contributed by atoms with Crippen LogP contribution in [0.25, 0.3) is 0 Å². The van der Waals surface area contributed by atoms with Gasteiger partial charge in [-0.2, -0.15) is 0 Å². The van der Waals surface area contributed by atoms with Crippen molar-refractivity contribution in [2.24, 2.45) is 5.73 Å². The Hall–Kier alpha value is -1.49. The molecule has 0 spiro atoms. The molecule has 0 aliphatic carbocycles. The van der Waals surface area contributed by atoms with Crippen LogP contribution >= 0.6 is 0 Å². The molecule has 1 aromatic heterocycles. The molecule has 1 heterocycles. The third-order valence-electron chi connectivity index (χ3n) is 1.03. The average Bonchev–Trinajstić information content (AvgIpc) is 2.06.